The number of methoxy groups -OCH3 is 1. The number of hydrogen-bond donors (Lipinski definition) is 2. The second-order valence-electron chi connectivity index (χ2n) is 10.6. The van der Waals surface area contributed by atoms with Crippen LogP contribution in [0.4, 0.5) is 5.69 Å². The van der Waals surface area contributed by atoms with E-state index in [4.69, 9.17) is 9.47 Å². The van der Waals surface area contributed by atoms with Crippen LogP contribution in [-0.2, 0) is 14.3 Å². The van der Waals surface area contributed by atoms with Crippen molar-refractivity contribution in [3.63, 3.8) is 0 Å². The van der Waals surface area contributed by atoms with Crippen molar-refractivity contribution in [2.24, 2.45) is 11.8 Å². The topological polar surface area (TPSA) is 96.0 Å². The number of nitrogens with one attached hydrogen (secondary N) is 2. The summed E-state index contributed by atoms with van der Waals surface area (Å²) >= 11 is 0. The molecule has 1 aromatic rings. The molecule has 2 aliphatic rings. The lowest BCUT2D eigenvalue weighted by Crippen LogP contribution is -2.56. The van der Waals surface area contributed by atoms with Gasteiger partial charge in [0.25, 0.3) is 5.91 Å². The minimum absolute atomic E-state index is 0. The van der Waals surface area contributed by atoms with Gasteiger partial charge in [0, 0.05) is 70.9 Å². The van der Waals surface area contributed by atoms with E-state index in [-0.39, 0.29) is 54.5 Å². The third-order valence-electron chi connectivity index (χ3n) is 6.85. The van der Waals surface area contributed by atoms with E-state index in [1.165, 1.54) is 0 Å². The first-order valence-electron chi connectivity index (χ1n) is 13.4. The molecule has 38 heavy (non-hydrogen) atoms. The first kappa shape index (κ1) is 34.4. The van der Waals surface area contributed by atoms with Crippen molar-refractivity contribution in [3.8, 4) is 0 Å². The van der Waals surface area contributed by atoms with E-state index in [9.17, 15) is 9.59 Å². The first-order chi connectivity index (χ1) is 17.3. The number of rotatable bonds is 11. The first-order valence-corrected chi connectivity index (χ1v) is 13.4. The van der Waals surface area contributed by atoms with Crippen molar-refractivity contribution in [1.29, 1.82) is 0 Å². The standard InChI is InChI=1S/C27H45N5O4.2ClH/c1-19(2)18-32(22-13-21(15-28-16-22)26(33)31-8-11-36-12-9-31)27(34)23-17-30-24(20(3)4)14-25(23)29-7-6-10-35-5;;/h14,17,19-22,28H,6-13,15-16,18H2,1-5H3,(H,29,30);2*1H/t21-,22+;;/m1../s1. The van der Waals surface area contributed by atoms with Crippen molar-refractivity contribution in [2.75, 3.05) is 71.5 Å². The van der Waals surface area contributed by atoms with Gasteiger partial charge >= 0.3 is 0 Å². The highest BCUT2D eigenvalue weighted by molar-refractivity contribution is 5.99. The van der Waals surface area contributed by atoms with Crippen molar-refractivity contribution >= 4 is 42.3 Å². The molecule has 2 aliphatic heterocycles. The summed E-state index contributed by atoms with van der Waals surface area (Å²) in [4.78, 5) is 35.7. The van der Waals surface area contributed by atoms with Crippen LogP contribution in [0.25, 0.3) is 0 Å². The maximum Gasteiger partial charge on any atom is 0.257 e. The highest BCUT2D eigenvalue weighted by atomic mass is 35.5. The molecule has 2 atom stereocenters. The maximum atomic E-state index is 14.0. The summed E-state index contributed by atoms with van der Waals surface area (Å²) in [5.41, 5.74) is 2.35. The number of nitrogens with zero attached hydrogens (tertiary/aromatic N) is 3. The van der Waals surface area contributed by atoms with Crippen LogP contribution in [0.15, 0.2) is 12.3 Å². The van der Waals surface area contributed by atoms with Crippen LogP contribution in [0.3, 0.4) is 0 Å². The fourth-order valence-electron chi connectivity index (χ4n) is 4.88. The zero-order valence-corrected chi connectivity index (χ0v) is 25.2. The number of piperidine rings is 1. The quantitative estimate of drug-likeness (QED) is 0.390. The van der Waals surface area contributed by atoms with E-state index in [0.717, 1.165) is 17.8 Å². The zero-order valence-electron chi connectivity index (χ0n) is 23.5. The number of halogens is 2. The molecule has 0 aliphatic carbocycles. The molecule has 0 aromatic carbocycles. The fourth-order valence-corrected chi connectivity index (χ4v) is 4.88. The molecule has 0 unspecified atom stereocenters. The summed E-state index contributed by atoms with van der Waals surface area (Å²) in [5.74, 6) is 0.542. The minimum atomic E-state index is -0.141. The SMILES string of the molecule is COCCCNc1cc(C(C)C)ncc1C(=O)N(CC(C)C)[C@@H]1CNC[C@H](C(=O)N2CCOCC2)C1.Cl.Cl. The Morgan fingerprint density at radius 1 is 1.21 bits per heavy atom. The molecule has 0 spiro atoms. The minimum Gasteiger partial charge on any atom is -0.385 e. The summed E-state index contributed by atoms with van der Waals surface area (Å²) in [6.07, 6.45) is 3.23. The fraction of sp³-hybridized carbons (Fsp3) is 0.741. The molecule has 9 nitrogen and oxygen atoms in total. The molecule has 218 valence electrons. The average molecular weight is 577 g/mol. The second kappa shape index (κ2) is 17.1. The van der Waals surface area contributed by atoms with Crippen LogP contribution >= 0.6 is 24.8 Å². The number of morpholine rings is 1. The number of carbonyl (C=O) groups is 2. The van der Waals surface area contributed by atoms with Gasteiger partial charge in [-0.2, -0.15) is 0 Å². The van der Waals surface area contributed by atoms with Crippen LogP contribution < -0.4 is 10.6 Å². The predicted molar refractivity (Wildman–Crippen MR) is 156 cm³/mol. The second-order valence-corrected chi connectivity index (χ2v) is 10.6. The monoisotopic (exact) mass is 575 g/mol. The summed E-state index contributed by atoms with van der Waals surface area (Å²) in [6.45, 7) is 14.2. The smallest absolute Gasteiger partial charge is 0.257 e. The van der Waals surface area contributed by atoms with E-state index >= 15 is 0 Å². The van der Waals surface area contributed by atoms with Gasteiger partial charge in [-0.1, -0.05) is 27.7 Å². The number of anilines is 1. The molecule has 2 N–H and O–H groups in total. The number of pyridine rings is 1. The molecular weight excluding hydrogens is 529 g/mol. The van der Waals surface area contributed by atoms with Gasteiger partial charge in [0.2, 0.25) is 5.91 Å². The highest BCUT2D eigenvalue weighted by Crippen LogP contribution is 2.26. The third kappa shape index (κ3) is 9.52. The Morgan fingerprint density at radius 2 is 1.92 bits per heavy atom. The number of aromatic nitrogens is 1. The highest BCUT2D eigenvalue weighted by Gasteiger charge is 2.36. The van der Waals surface area contributed by atoms with E-state index in [1.807, 2.05) is 15.9 Å². The Morgan fingerprint density at radius 3 is 2.55 bits per heavy atom. The van der Waals surface area contributed by atoms with Gasteiger partial charge in [-0.15, -0.1) is 24.8 Å². The van der Waals surface area contributed by atoms with Gasteiger partial charge in [0.15, 0.2) is 0 Å². The predicted octanol–water partition coefficient (Wildman–Crippen LogP) is 3.43. The van der Waals surface area contributed by atoms with Crippen LogP contribution in [0.2, 0.25) is 0 Å². The Labute approximate surface area is 240 Å². The molecular formula is C27H47Cl2N5O4. The van der Waals surface area contributed by atoms with Gasteiger partial charge in [0.1, 0.15) is 0 Å². The molecule has 2 amide bonds. The van der Waals surface area contributed by atoms with Gasteiger partial charge in [-0.05, 0) is 30.7 Å². The van der Waals surface area contributed by atoms with E-state index in [0.29, 0.717) is 77.0 Å². The largest absolute Gasteiger partial charge is 0.385 e. The summed E-state index contributed by atoms with van der Waals surface area (Å²) < 4.78 is 10.6. The normalized spacial score (nSPS) is 19.5. The number of hydrogen-bond acceptors (Lipinski definition) is 7. The Kier molecular flexibility index (Phi) is 15.5. The molecule has 3 heterocycles. The maximum absolute atomic E-state index is 14.0. The van der Waals surface area contributed by atoms with Gasteiger partial charge in [0.05, 0.1) is 30.4 Å². The zero-order chi connectivity index (χ0) is 26.1. The number of carbonyl (C=O) groups excluding carboxylic acids is 2. The molecule has 3 rings (SSSR count). The molecule has 2 fully saturated rings. The molecule has 0 radical (unpaired) electrons. The molecule has 1 aromatic heterocycles. The molecule has 0 saturated carbocycles. The number of amides is 2. The van der Waals surface area contributed by atoms with Crippen molar-refractivity contribution in [2.45, 2.75) is 52.5 Å². The Hall–Kier alpha value is -1.65. The van der Waals surface area contributed by atoms with Gasteiger partial charge in [-0.3, -0.25) is 14.6 Å². The van der Waals surface area contributed by atoms with E-state index in [1.54, 1.807) is 13.3 Å². The lowest BCUT2D eigenvalue weighted by atomic mass is 9.92. The van der Waals surface area contributed by atoms with Crippen LogP contribution in [-0.4, -0.2) is 98.8 Å². The summed E-state index contributed by atoms with van der Waals surface area (Å²) in [5, 5.41) is 6.88. The van der Waals surface area contributed by atoms with E-state index < -0.39 is 0 Å². The van der Waals surface area contributed by atoms with Crippen LogP contribution in [0, 0.1) is 11.8 Å². The van der Waals surface area contributed by atoms with Gasteiger partial charge < -0.3 is 29.9 Å². The molecule has 0 bridgehead atoms. The Bertz CT molecular complexity index is 868. The van der Waals surface area contributed by atoms with Crippen molar-refractivity contribution in [1.82, 2.24) is 20.1 Å². The molecule has 2 saturated heterocycles. The summed E-state index contributed by atoms with van der Waals surface area (Å²) in [6, 6.07) is 1.94. The van der Waals surface area contributed by atoms with Crippen molar-refractivity contribution < 1.29 is 19.1 Å². The molecule has 11 heteroatoms. The lowest BCUT2D eigenvalue weighted by molar-refractivity contribution is -0.140. The van der Waals surface area contributed by atoms with Crippen LogP contribution in [0.5, 0.6) is 0 Å². The average Bonchev–Trinajstić information content (AvgIpc) is 2.89. The number of ether oxygens (including phenoxy) is 2. The van der Waals surface area contributed by atoms with Crippen LogP contribution in [0.1, 0.15) is 62.5 Å². The Balaban J connectivity index is 0.00000361. The van der Waals surface area contributed by atoms with Crippen molar-refractivity contribution in [3.05, 3.63) is 23.5 Å². The summed E-state index contributed by atoms with van der Waals surface area (Å²) in [7, 11) is 1.69. The van der Waals surface area contributed by atoms with Gasteiger partial charge in [-0.25, -0.2) is 0 Å². The third-order valence-corrected chi connectivity index (χ3v) is 6.85. The van der Waals surface area contributed by atoms with E-state index in [2.05, 4.69) is 43.3 Å². The lowest BCUT2D eigenvalue weighted by Gasteiger charge is -2.40.